The number of aryl methyl sites for hydroxylation is 1. The van der Waals surface area contributed by atoms with E-state index in [9.17, 15) is 14.4 Å². The van der Waals surface area contributed by atoms with Crippen LogP contribution in [0.15, 0.2) is 165 Å². The molecule has 84 heavy (non-hydrogen) atoms. The third-order valence-electron chi connectivity index (χ3n) is 16.9. The van der Waals surface area contributed by atoms with Crippen LogP contribution in [0, 0.1) is 23.2 Å². The smallest absolute Gasteiger partial charge is 0.251 e. The van der Waals surface area contributed by atoms with Gasteiger partial charge < -0.3 is 35.3 Å². The number of nitrogens with one attached hydrogen (secondary N) is 3. The highest BCUT2D eigenvalue weighted by Crippen LogP contribution is 2.42. The van der Waals surface area contributed by atoms with Crippen molar-refractivity contribution in [2.75, 3.05) is 72.1 Å². The van der Waals surface area contributed by atoms with Gasteiger partial charge in [-0.1, -0.05) is 68.5 Å². The third-order valence-corrected chi connectivity index (χ3v) is 16.9. The Kier molecular flexibility index (Phi) is 19.1. The number of nitrogens with zero attached hydrogens (tertiary/aromatic N) is 6. The number of hydrogen-bond donors (Lipinski definition) is 3. The number of amides is 2. The number of ether oxygens (including phenoxy) is 2. The van der Waals surface area contributed by atoms with Crippen molar-refractivity contribution in [3.63, 3.8) is 0 Å². The first kappa shape index (κ1) is 57.9. The van der Waals surface area contributed by atoms with Crippen molar-refractivity contribution in [3.8, 4) is 5.75 Å². The standard InChI is InChI=1S/C70H79N9O5/c1-3-29-77(34-27-74-69(81)54-14-9-13-53(43-54)61-24-33-79-32-11-26-73-68(61)79)30-7-6-12-49-39-55-44-57(40-49)70(82)75-28-35-78(31-10-25-72-58-21-18-51-19-22-60(55)62(51)46-58)36-38-83-47-50-41-56-45-59(42-50)84-37-8-4-5-15-63(71)67(80)64-23-20-52-17-16-48(2)65(56)66(52)76-64/h9,11,13-14,16-23,25-26,32,39-46,48,51-52,71H,3-8,10,12,15,24,27-31,33-38,47H2,1-2H3,(H,74,81)(H,75,82). The summed E-state index contributed by atoms with van der Waals surface area (Å²) in [7, 11) is 0. The van der Waals surface area contributed by atoms with Crippen LogP contribution in [0.3, 0.4) is 0 Å². The van der Waals surface area contributed by atoms with E-state index in [1.807, 2.05) is 48.8 Å². The van der Waals surface area contributed by atoms with E-state index in [0.717, 1.165) is 152 Å². The number of carbonyl (C=O) groups excluding carboxylic acids is 3. The zero-order chi connectivity index (χ0) is 57.8. The quantitative estimate of drug-likeness (QED) is 0.0888. The van der Waals surface area contributed by atoms with Gasteiger partial charge in [-0.15, -0.1) is 0 Å². The SMILES string of the molecule is CCCN(CCCCc1cc2cc(c1)C1=C3C=C(C=CC3C=C1)N=CCCN(CCOCc1cc3cc(c1)C1=C4N=C(C=CC4C=CC1C)C(=O)C(=N)CCCCCO3)CCNC2=O)CCNC(=O)c1cccc(C2=C3N=CC=CN3CC2)c1. The molecular formula is C70H79N9O5. The topological polar surface area (TPSA) is 164 Å². The van der Waals surface area contributed by atoms with E-state index in [0.29, 0.717) is 69.3 Å². The van der Waals surface area contributed by atoms with Crippen LogP contribution in [-0.4, -0.2) is 128 Å². The Morgan fingerprint density at radius 3 is 2.65 bits per heavy atom. The lowest BCUT2D eigenvalue weighted by atomic mass is 9.81. The summed E-state index contributed by atoms with van der Waals surface area (Å²) >= 11 is 0. The first-order valence-corrected chi connectivity index (χ1v) is 30.6. The van der Waals surface area contributed by atoms with E-state index < -0.39 is 0 Å². The van der Waals surface area contributed by atoms with Gasteiger partial charge in [0, 0.05) is 98.9 Å². The van der Waals surface area contributed by atoms with Gasteiger partial charge in [-0.25, -0.2) is 9.98 Å². The fourth-order valence-corrected chi connectivity index (χ4v) is 12.5. The van der Waals surface area contributed by atoms with Crippen molar-refractivity contribution in [1.29, 1.82) is 5.41 Å². The van der Waals surface area contributed by atoms with Crippen LogP contribution in [0.2, 0.25) is 0 Å². The van der Waals surface area contributed by atoms with Crippen molar-refractivity contribution < 1.29 is 23.9 Å². The summed E-state index contributed by atoms with van der Waals surface area (Å²) in [6, 6.07) is 20.6. The second-order valence-electron chi connectivity index (χ2n) is 23.0. The highest BCUT2D eigenvalue weighted by molar-refractivity contribution is 6.68. The summed E-state index contributed by atoms with van der Waals surface area (Å²) < 4.78 is 12.9. The summed E-state index contributed by atoms with van der Waals surface area (Å²) in [6.45, 7) is 12.4. The Bertz CT molecular complexity index is 3420. The molecule has 3 N–H and O–H groups in total. The van der Waals surface area contributed by atoms with Gasteiger partial charge in [-0.2, -0.15) is 0 Å². The van der Waals surface area contributed by atoms with Crippen LogP contribution in [-0.2, 0) is 22.6 Å². The molecule has 0 fully saturated rings. The minimum atomic E-state index is -0.299. The van der Waals surface area contributed by atoms with Gasteiger partial charge in [-0.05, 0) is 189 Å². The number of benzene rings is 3. The van der Waals surface area contributed by atoms with Crippen molar-refractivity contribution in [2.45, 2.75) is 84.7 Å². The molecule has 14 heteroatoms. The van der Waals surface area contributed by atoms with Crippen LogP contribution < -0.4 is 15.4 Å². The van der Waals surface area contributed by atoms with E-state index in [-0.39, 0.29) is 41.1 Å². The van der Waals surface area contributed by atoms with Crippen LogP contribution in [0.5, 0.6) is 5.75 Å². The van der Waals surface area contributed by atoms with Crippen molar-refractivity contribution in [2.24, 2.45) is 32.7 Å². The predicted molar refractivity (Wildman–Crippen MR) is 338 cm³/mol. The van der Waals surface area contributed by atoms with Crippen LogP contribution in [0.1, 0.15) is 120 Å². The van der Waals surface area contributed by atoms with Crippen molar-refractivity contribution in [3.05, 3.63) is 189 Å². The Morgan fingerprint density at radius 1 is 0.857 bits per heavy atom. The lowest BCUT2D eigenvalue weighted by Crippen LogP contribution is -2.37. The minimum absolute atomic E-state index is 0.0532. The molecule has 2 amide bonds. The maximum Gasteiger partial charge on any atom is 0.251 e. The maximum absolute atomic E-state index is 14.2. The molecule has 434 valence electrons. The first-order valence-electron chi connectivity index (χ1n) is 30.6. The predicted octanol–water partition coefficient (Wildman–Crippen LogP) is 11.3. The molecule has 8 aliphatic rings. The number of fused-ring (bicyclic) bond motifs is 7. The molecule has 0 radical (unpaired) electrons. The number of unbranched alkanes of at least 4 members (excludes halogenated alkanes) is 1. The monoisotopic (exact) mass is 1130 g/mol. The van der Waals surface area contributed by atoms with Gasteiger partial charge in [0.1, 0.15) is 17.3 Å². The highest BCUT2D eigenvalue weighted by Gasteiger charge is 2.30. The Balaban J connectivity index is 0.717. The summed E-state index contributed by atoms with van der Waals surface area (Å²) in [5.74, 6) is 1.46. The molecule has 3 atom stereocenters. The molecule has 5 heterocycles. The zero-order valence-electron chi connectivity index (χ0n) is 48.8. The van der Waals surface area contributed by atoms with Crippen LogP contribution in [0.4, 0.5) is 0 Å². The highest BCUT2D eigenvalue weighted by atomic mass is 16.5. The van der Waals surface area contributed by atoms with Crippen molar-refractivity contribution in [1.82, 2.24) is 25.3 Å². The molecule has 3 aliphatic carbocycles. The maximum atomic E-state index is 14.2. The molecular weight excluding hydrogens is 1050 g/mol. The molecule has 0 saturated heterocycles. The number of Topliss-reactive ketones (excluding diaryl/α,β-unsaturated/α-hetero) is 1. The number of ketones is 1. The first-order chi connectivity index (χ1) is 41.1. The number of carbonyl (C=O) groups is 3. The summed E-state index contributed by atoms with van der Waals surface area (Å²) in [6.07, 6.45) is 35.3. The molecule has 0 saturated carbocycles. The van der Waals surface area contributed by atoms with Crippen molar-refractivity contribution >= 4 is 58.2 Å². The van der Waals surface area contributed by atoms with Gasteiger partial charge in [0.25, 0.3) is 11.8 Å². The number of allylic oxidation sites excluding steroid dienone is 12. The summed E-state index contributed by atoms with van der Waals surface area (Å²) in [4.78, 5) is 62.5. The second kappa shape index (κ2) is 27.7. The average molecular weight is 1130 g/mol. The molecule has 8 bridgehead atoms. The number of aliphatic imine (C=N–C) groups is 3. The van der Waals surface area contributed by atoms with Gasteiger partial charge in [-0.3, -0.25) is 24.3 Å². The molecule has 3 aromatic carbocycles. The summed E-state index contributed by atoms with van der Waals surface area (Å²) in [5.41, 5.74) is 13.3. The third kappa shape index (κ3) is 14.2. The molecule has 3 aromatic rings. The van der Waals surface area contributed by atoms with Gasteiger partial charge in [0.15, 0.2) is 0 Å². The number of dihydropyridines is 1. The van der Waals surface area contributed by atoms with Gasteiger partial charge in [0.2, 0.25) is 5.78 Å². The lowest BCUT2D eigenvalue weighted by molar-refractivity contribution is -0.107. The van der Waals surface area contributed by atoms with Gasteiger partial charge in [0.05, 0.1) is 36.9 Å². The van der Waals surface area contributed by atoms with Gasteiger partial charge >= 0.3 is 0 Å². The Labute approximate surface area is 495 Å². The van der Waals surface area contributed by atoms with E-state index in [4.69, 9.17) is 24.9 Å². The summed E-state index contributed by atoms with van der Waals surface area (Å²) in [5, 5.41) is 15.0. The number of hydrogen-bond acceptors (Lipinski definition) is 12. The molecule has 5 aliphatic heterocycles. The molecule has 0 spiro atoms. The Hall–Kier alpha value is -7.91. The average Bonchev–Trinajstić information content (AvgIpc) is 3.57. The Morgan fingerprint density at radius 2 is 1.74 bits per heavy atom. The van der Waals surface area contributed by atoms with E-state index >= 15 is 0 Å². The molecule has 0 aromatic heterocycles. The minimum Gasteiger partial charge on any atom is -0.494 e. The van der Waals surface area contributed by atoms with E-state index in [1.54, 1.807) is 6.08 Å². The normalized spacial score (nSPS) is 21.4. The fourth-order valence-electron chi connectivity index (χ4n) is 12.5. The van der Waals surface area contributed by atoms with Crippen LogP contribution >= 0.6 is 0 Å². The van der Waals surface area contributed by atoms with E-state index in [2.05, 4.69) is 129 Å². The largest absolute Gasteiger partial charge is 0.494 e. The lowest BCUT2D eigenvalue weighted by Gasteiger charge is -2.27. The molecule has 14 nitrogen and oxygen atoms in total. The fraction of sp³-hybridized carbons (Fsp3) is 0.386. The van der Waals surface area contributed by atoms with E-state index in [1.165, 1.54) is 11.1 Å². The molecule has 3 unspecified atom stereocenters. The van der Waals surface area contributed by atoms with Crippen LogP contribution in [0.25, 0.3) is 16.7 Å². The molecule has 11 rings (SSSR count). The zero-order valence-corrected chi connectivity index (χ0v) is 48.8. The second-order valence-corrected chi connectivity index (χ2v) is 23.0. The number of rotatable bonds is 17.